The second-order valence-corrected chi connectivity index (χ2v) is 6.98. The van der Waals surface area contributed by atoms with Crippen LogP contribution in [0.1, 0.15) is 0 Å². The number of carbonyl (C=O) groups excluding carboxylic acids is 1. The van der Waals surface area contributed by atoms with Gasteiger partial charge in [0.1, 0.15) is 5.75 Å². The van der Waals surface area contributed by atoms with Gasteiger partial charge in [0.25, 0.3) is 5.69 Å². The van der Waals surface area contributed by atoms with E-state index in [1.165, 1.54) is 31.4 Å². The van der Waals surface area contributed by atoms with Gasteiger partial charge in [0, 0.05) is 24.7 Å². The maximum absolute atomic E-state index is 12.2. The van der Waals surface area contributed by atoms with Crippen molar-refractivity contribution in [2.75, 3.05) is 19.6 Å². The lowest BCUT2D eigenvalue weighted by molar-refractivity contribution is -0.384. The average Bonchev–Trinajstić information content (AvgIpc) is 3.16. The summed E-state index contributed by atoms with van der Waals surface area (Å²) in [6.45, 7) is 0. The summed E-state index contributed by atoms with van der Waals surface area (Å²) < 4.78 is 11.7. The molecule has 0 atom stereocenters. The van der Waals surface area contributed by atoms with Gasteiger partial charge in [0.2, 0.25) is 5.04 Å². The minimum Gasteiger partial charge on any atom is -0.497 e. The monoisotopic (exact) mass is 442 g/mol. The number of nitrogens with zero attached hydrogens (tertiary/aromatic N) is 5. The number of methoxy groups -OCH3 is 2. The molecular weight excluding hydrogens is 424 g/mol. The fraction of sp³-hybridized carbons (Fsp3) is 0.158. The van der Waals surface area contributed by atoms with Crippen molar-refractivity contribution in [1.82, 2.24) is 14.8 Å². The number of carbonyl (C=O) groups is 1. The Hall–Kier alpha value is -3.93. The number of esters is 1. The Morgan fingerprint density at radius 3 is 2.39 bits per heavy atom. The van der Waals surface area contributed by atoms with Crippen molar-refractivity contribution < 1.29 is 19.2 Å². The summed E-state index contributed by atoms with van der Waals surface area (Å²) in [5.41, 5.74) is 3.92. The zero-order valence-electron chi connectivity index (χ0n) is 16.8. The van der Waals surface area contributed by atoms with Crippen molar-refractivity contribution in [2.45, 2.75) is 5.16 Å². The Kier molecular flexibility index (Phi) is 6.82. The zero-order valence-corrected chi connectivity index (χ0v) is 17.6. The molecule has 0 saturated heterocycles. The van der Waals surface area contributed by atoms with E-state index in [1.807, 2.05) is 24.3 Å². The van der Waals surface area contributed by atoms with Crippen molar-refractivity contribution in [3.05, 3.63) is 58.6 Å². The lowest BCUT2D eigenvalue weighted by atomic mass is 10.2. The number of nitro groups is 1. The van der Waals surface area contributed by atoms with Gasteiger partial charge < -0.3 is 14.0 Å². The molecule has 0 aliphatic heterocycles. The lowest BCUT2D eigenvalue weighted by Gasteiger charge is -2.07. The van der Waals surface area contributed by atoms with Gasteiger partial charge in [-0.25, -0.2) is 4.79 Å². The third-order valence-electron chi connectivity index (χ3n) is 4.10. The smallest absolute Gasteiger partial charge is 0.365 e. The molecule has 0 bridgehead atoms. The Labute approximate surface area is 181 Å². The molecule has 1 heterocycles. The van der Waals surface area contributed by atoms with E-state index in [0.717, 1.165) is 23.1 Å². The Morgan fingerprint density at radius 2 is 1.81 bits per heavy atom. The van der Waals surface area contributed by atoms with E-state index in [1.54, 1.807) is 18.7 Å². The van der Waals surface area contributed by atoms with Crippen LogP contribution in [0.4, 0.5) is 11.4 Å². The number of hydrazone groups is 1. The van der Waals surface area contributed by atoms with Gasteiger partial charge in [-0.15, -0.1) is 10.2 Å². The quantitative estimate of drug-likeness (QED) is 0.153. The molecule has 0 fully saturated rings. The first-order valence-corrected chi connectivity index (χ1v) is 9.62. The first-order chi connectivity index (χ1) is 14.9. The predicted molar refractivity (Wildman–Crippen MR) is 115 cm³/mol. The maximum atomic E-state index is 12.2. The van der Waals surface area contributed by atoms with Crippen molar-refractivity contribution in [2.24, 2.45) is 12.1 Å². The highest BCUT2D eigenvalue weighted by molar-refractivity contribution is 8.15. The topological polar surface area (TPSA) is 134 Å². The van der Waals surface area contributed by atoms with Crippen LogP contribution in [0.2, 0.25) is 0 Å². The van der Waals surface area contributed by atoms with E-state index in [4.69, 9.17) is 9.47 Å². The van der Waals surface area contributed by atoms with E-state index in [9.17, 15) is 14.9 Å². The summed E-state index contributed by atoms with van der Waals surface area (Å²) in [5.74, 6) is 0.643. The number of hydrogen-bond donors (Lipinski definition) is 1. The Balaban J connectivity index is 1.80. The summed E-state index contributed by atoms with van der Waals surface area (Å²) in [6, 6.07) is 12.9. The molecule has 31 heavy (non-hydrogen) atoms. The number of ether oxygens (including phenoxy) is 2. The second-order valence-electron chi connectivity index (χ2n) is 6.02. The number of thioether (sulfide) groups is 1. The van der Waals surface area contributed by atoms with Crippen molar-refractivity contribution >= 4 is 34.1 Å². The van der Waals surface area contributed by atoms with Crippen LogP contribution < -0.4 is 10.2 Å². The van der Waals surface area contributed by atoms with Crippen LogP contribution in [0.25, 0.3) is 11.4 Å². The molecule has 1 N–H and O–H groups in total. The van der Waals surface area contributed by atoms with Gasteiger partial charge in [-0.3, -0.25) is 15.5 Å². The molecule has 2 aromatic carbocycles. The molecule has 0 aliphatic rings. The molecule has 3 aromatic rings. The minimum atomic E-state index is -0.673. The molecule has 0 aliphatic carbocycles. The number of nitrogens with one attached hydrogen (secondary N) is 1. The van der Waals surface area contributed by atoms with Gasteiger partial charge in [-0.1, -0.05) is 0 Å². The molecule has 3 rings (SSSR count). The molecule has 11 nitrogen and oxygen atoms in total. The molecule has 0 spiro atoms. The second kappa shape index (κ2) is 9.71. The summed E-state index contributed by atoms with van der Waals surface area (Å²) in [7, 11) is 4.59. The van der Waals surface area contributed by atoms with Crippen LogP contribution in [-0.4, -0.2) is 44.9 Å². The molecule has 12 heteroatoms. The van der Waals surface area contributed by atoms with Gasteiger partial charge in [0.15, 0.2) is 11.0 Å². The Morgan fingerprint density at radius 1 is 1.13 bits per heavy atom. The first-order valence-electron chi connectivity index (χ1n) is 8.81. The van der Waals surface area contributed by atoms with Gasteiger partial charge in [-0.05, 0) is 48.2 Å². The van der Waals surface area contributed by atoms with E-state index in [-0.39, 0.29) is 10.7 Å². The molecule has 0 unspecified atom stereocenters. The fourth-order valence-electron chi connectivity index (χ4n) is 2.45. The zero-order chi connectivity index (χ0) is 22.4. The molecule has 0 saturated carbocycles. The highest BCUT2D eigenvalue weighted by Crippen LogP contribution is 2.25. The highest BCUT2D eigenvalue weighted by atomic mass is 32.2. The largest absolute Gasteiger partial charge is 0.497 e. The summed E-state index contributed by atoms with van der Waals surface area (Å²) in [4.78, 5) is 22.4. The molecule has 0 amide bonds. The summed E-state index contributed by atoms with van der Waals surface area (Å²) >= 11 is 0.968. The molecular formula is C19H18N6O5S. The van der Waals surface area contributed by atoms with Gasteiger partial charge in [-0.2, -0.15) is 5.10 Å². The lowest BCUT2D eigenvalue weighted by Crippen LogP contribution is -2.15. The number of rotatable bonds is 6. The van der Waals surface area contributed by atoms with Crippen molar-refractivity contribution in [1.29, 1.82) is 0 Å². The van der Waals surface area contributed by atoms with E-state index in [0.29, 0.717) is 16.7 Å². The summed E-state index contributed by atoms with van der Waals surface area (Å²) in [5, 5.41) is 23.5. The number of benzene rings is 2. The maximum Gasteiger partial charge on any atom is 0.365 e. The number of aromatic nitrogens is 3. The minimum absolute atomic E-state index is 0.0161. The standard InChI is InChI=1S/C19H18N6O5S/c1-24-16(12-4-10-15(29-2)11-5-12)21-23-19(24)31-17(18(26)30-3)22-20-13-6-8-14(9-7-13)25(27)28/h4-11,20H,1-3H3/b22-17-. The number of anilines is 1. The van der Waals surface area contributed by atoms with Gasteiger partial charge in [0.05, 0.1) is 24.8 Å². The van der Waals surface area contributed by atoms with E-state index < -0.39 is 10.9 Å². The fourth-order valence-corrected chi connectivity index (χ4v) is 3.19. The van der Waals surface area contributed by atoms with Crippen LogP contribution in [0.15, 0.2) is 58.8 Å². The first kappa shape index (κ1) is 21.8. The van der Waals surface area contributed by atoms with Crippen LogP contribution in [0.3, 0.4) is 0 Å². The normalized spacial score (nSPS) is 11.1. The number of hydrogen-bond acceptors (Lipinski definition) is 10. The van der Waals surface area contributed by atoms with Gasteiger partial charge >= 0.3 is 5.97 Å². The third kappa shape index (κ3) is 5.17. The van der Waals surface area contributed by atoms with E-state index in [2.05, 4.69) is 20.7 Å². The third-order valence-corrected chi connectivity index (χ3v) is 5.09. The van der Waals surface area contributed by atoms with Crippen LogP contribution >= 0.6 is 11.8 Å². The average molecular weight is 442 g/mol. The molecule has 160 valence electrons. The van der Waals surface area contributed by atoms with Crippen molar-refractivity contribution in [3.8, 4) is 17.1 Å². The summed E-state index contributed by atoms with van der Waals surface area (Å²) in [6.07, 6.45) is 0. The predicted octanol–water partition coefficient (Wildman–Crippen LogP) is 3.09. The van der Waals surface area contributed by atoms with E-state index >= 15 is 0 Å². The van der Waals surface area contributed by atoms with Crippen LogP contribution in [0, 0.1) is 10.1 Å². The molecule has 0 radical (unpaired) electrons. The van der Waals surface area contributed by atoms with Crippen LogP contribution in [-0.2, 0) is 16.6 Å². The number of non-ortho nitro benzene ring substituents is 1. The van der Waals surface area contributed by atoms with Crippen LogP contribution in [0.5, 0.6) is 5.75 Å². The SMILES string of the molecule is COC(=O)/C(=N/Nc1ccc([N+](=O)[O-])cc1)Sc1nnc(-c2ccc(OC)cc2)n1C. The highest BCUT2D eigenvalue weighted by Gasteiger charge is 2.20. The Bertz CT molecular complexity index is 1110. The van der Waals surface area contributed by atoms with Crippen molar-refractivity contribution in [3.63, 3.8) is 0 Å². The molecule has 1 aromatic heterocycles. The number of nitro benzene ring substituents is 1.